The maximum absolute atomic E-state index is 11.6. The number of amides is 1. The van der Waals surface area contributed by atoms with E-state index in [1.807, 2.05) is 20.8 Å². The molecular formula is C11H22N2O2. The van der Waals surface area contributed by atoms with E-state index in [0.29, 0.717) is 6.54 Å². The molecule has 0 aromatic carbocycles. The van der Waals surface area contributed by atoms with Gasteiger partial charge in [-0.05, 0) is 34.1 Å². The molecule has 2 N–H and O–H groups in total. The van der Waals surface area contributed by atoms with Gasteiger partial charge in [0.1, 0.15) is 0 Å². The van der Waals surface area contributed by atoms with Crippen LogP contribution in [0.3, 0.4) is 0 Å². The molecule has 1 saturated heterocycles. The van der Waals surface area contributed by atoms with Crippen LogP contribution in [-0.2, 0) is 9.53 Å². The lowest BCUT2D eigenvalue weighted by molar-refractivity contribution is -0.123. The summed E-state index contributed by atoms with van der Waals surface area (Å²) in [4.78, 5) is 11.6. The van der Waals surface area contributed by atoms with Crippen molar-refractivity contribution in [2.75, 3.05) is 13.2 Å². The van der Waals surface area contributed by atoms with E-state index in [1.54, 1.807) is 0 Å². The highest BCUT2D eigenvalue weighted by Gasteiger charge is 2.38. The second kappa shape index (κ2) is 4.94. The summed E-state index contributed by atoms with van der Waals surface area (Å²) in [6.45, 7) is 9.42. The van der Waals surface area contributed by atoms with Crippen molar-refractivity contribution >= 4 is 5.91 Å². The van der Waals surface area contributed by atoms with Crippen LogP contribution in [0.25, 0.3) is 0 Å². The van der Waals surface area contributed by atoms with Gasteiger partial charge in [0, 0.05) is 18.7 Å². The smallest absolute Gasteiger partial charge is 0.236 e. The monoisotopic (exact) mass is 214 g/mol. The van der Waals surface area contributed by atoms with E-state index in [0.717, 1.165) is 13.0 Å². The Morgan fingerprint density at radius 3 is 2.80 bits per heavy atom. The third-order valence-corrected chi connectivity index (χ3v) is 3.18. The molecule has 3 atom stereocenters. The molecule has 4 nitrogen and oxygen atoms in total. The van der Waals surface area contributed by atoms with Gasteiger partial charge in [-0.2, -0.15) is 0 Å². The van der Waals surface area contributed by atoms with Crippen LogP contribution in [0.15, 0.2) is 0 Å². The highest BCUT2D eigenvalue weighted by atomic mass is 16.5. The second-order valence-corrected chi connectivity index (χ2v) is 4.44. The van der Waals surface area contributed by atoms with E-state index in [4.69, 9.17) is 4.74 Å². The molecule has 3 unspecified atom stereocenters. The van der Waals surface area contributed by atoms with Crippen molar-refractivity contribution < 1.29 is 9.53 Å². The van der Waals surface area contributed by atoms with Crippen molar-refractivity contribution in [1.29, 1.82) is 0 Å². The average molecular weight is 214 g/mol. The minimum Gasteiger partial charge on any atom is -0.377 e. The second-order valence-electron chi connectivity index (χ2n) is 4.44. The summed E-state index contributed by atoms with van der Waals surface area (Å²) < 4.78 is 5.51. The number of rotatable bonds is 4. The van der Waals surface area contributed by atoms with Crippen LogP contribution in [0.5, 0.6) is 0 Å². The van der Waals surface area contributed by atoms with Gasteiger partial charge in [0.25, 0.3) is 0 Å². The first kappa shape index (κ1) is 12.5. The topological polar surface area (TPSA) is 50.4 Å². The van der Waals surface area contributed by atoms with E-state index < -0.39 is 0 Å². The molecule has 0 aromatic heterocycles. The van der Waals surface area contributed by atoms with Gasteiger partial charge >= 0.3 is 0 Å². The summed E-state index contributed by atoms with van der Waals surface area (Å²) in [5, 5.41) is 6.16. The standard InChI is InChI=1S/C11H22N2O2/c1-5-12-10(14)8(2)13-11(4)6-7-15-9(11)3/h8-9,13H,5-7H2,1-4H3,(H,12,14). The molecule has 0 aliphatic carbocycles. The van der Waals surface area contributed by atoms with Gasteiger partial charge in [0.15, 0.2) is 0 Å². The van der Waals surface area contributed by atoms with Crippen LogP contribution in [0.1, 0.15) is 34.1 Å². The van der Waals surface area contributed by atoms with Gasteiger partial charge in [-0.25, -0.2) is 0 Å². The van der Waals surface area contributed by atoms with Crippen molar-refractivity contribution in [1.82, 2.24) is 10.6 Å². The Balaban J connectivity index is 2.49. The summed E-state index contributed by atoms with van der Waals surface area (Å²) >= 11 is 0. The summed E-state index contributed by atoms with van der Waals surface area (Å²) in [5.74, 6) is 0.0535. The van der Waals surface area contributed by atoms with E-state index in [1.165, 1.54) is 0 Å². The van der Waals surface area contributed by atoms with E-state index in [9.17, 15) is 4.79 Å². The summed E-state index contributed by atoms with van der Waals surface area (Å²) in [7, 11) is 0. The highest BCUT2D eigenvalue weighted by Crippen LogP contribution is 2.25. The van der Waals surface area contributed by atoms with Crippen LogP contribution < -0.4 is 10.6 Å². The molecule has 88 valence electrons. The maximum Gasteiger partial charge on any atom is 0.236 e. The van der Waals surface area contributed by atoms with Crippen LogP contribution in [0, 0.1) is 0 Å². The number of nitrogens with one attached hydrogen (secondary N) is 2. The van der Waals surface area contributed by atoms with E-state index >= 15 is 0 Å². The Bertz CT molecular complexity index is 233. The van der Waals surface area contributed by atoms with Crippen LogP contribution in [-0.4, -0.2) is 36.7 Å². The molecule has 0 spiro atoms. The van der Waals surface area contributed by atoms with Gasteiger partial charge in [-0.3, -0.25) is 10.1 Å². The summed E-state index contributed by atoms with van der Waals surface area (Å²) in [6, 6.07) is -0.168. The van der Waals surface area contributed by atoms with Crippen molar-refractivity contribution in [2.24, 2.45) is 0 Å². The molecule has 0 bridgehead atoms. The molecule has 4 heteroatoms. The third kappa shape index (κ3) is 2.92. The minimum atomic E-state index is -0.168. The molecule has 1 amide bonds. The number of hydrogen-bond acceptors (Lipinski definition) is 3. The molecule has 1 heterocycles. The van der Waals surface area contributed by atoms with Gasteiger partial charge in [-0.1, -0.05) is 0 Å². The summed E-state index contributed by atoms with van der Waals surface area (Å²) in [6.07, 6.45) is 1.12. The molecular weight excluding hydrogens is 192 g/mol. The maximum atomic E-state index is 11.6. The SMILES string of the molecule is CCNC(=O)C(C)NC1(C)CCOC1C. The van der Waals surface area contributed by atoms with Gasteiger partial charge < -0.3 is 10.1 Å². The molecule has 1 aliphatic heterocycles. The molecule has 15 heavy (non-hydrogen) atoms. The third-order valence-electron chi connectivity index (χ3n) is 3.18. The molecule has 1 rings (SSSR count). The van der Waals surface area contributed by atoms with Gasteiger partial charge in [-0.15, -0.1) is 0 Å². The van der Waals surface area contributed by atoms with Crippen LogP contribution in [0.4, 0.5) is 0 Å². The lowest BCUT2D eigenvalue weighted by atomic mass is 9.93. The zero-order chi connectivity index (χ0) is 11.5. The number of carbonyl (C=O) groups is 1. The Labute approximate surface area is 91.8 Å². The van der Waals surface area contributed by atoms with E-state index in [2.05, 4.69) is 17.6 Å². The predicted octanol–water partition coefficient (Wildman–Crippen LogP) is 0.668. The molecule has 0 saturated carbocycles. The van der Waals surface area contributed by atoms with Crippen LogP contribution >= 0.6 is 0 Å². The first-order chi connectivity index (χ1) is 6.99. The lowest BCUT2D eigenvalue weighted by Crippen LogP contribution is -2.56. The zero-order valence-corrected chi connectivity index (χ0v) is 10.1. The quantitative estimate of drug-likeness (QED) is 0.723. The van der Waals surface area contributed by atoms with Crippen molar-refractivity contribution in [3.05, 3.63) is 0 Å². The molecule has 0 aromatic rings. The highest BCUT2D eigenvalue weighted by molar-refractivity contribution is 5.81. The Hall–Kier alpha value is -0.610. The van der Waals surface area contributed by atoms with Gasteiger partial charge in [0.2, 0.25) is 5.91 Å². The minimum absolute atomic E-state index is 0.0535. The van der Waals surface area contributed by atoms with Crippen molar-refractivity contribution in [3.63, 3.8) is 0 Å². The number of ether oxygens (including phenoxy) is 1. The fraction of sp³-hybridized carbons (Fsp3) is 0.909. The van der Waals surface area contributed by atoms with Crippen molar-refractivity contribution in [3.8, 4) is 0 Å². The molecule has 1 aliphatic rings. The van der Waals surface area contributed by atoms with Crippen molar-refractivity contribution in [2.45, 2.75) is 51.8 Å². The fourth-order valence-electron chi connectivity index (χ4n) is 1.91. The number of carbonyl (C=O) groups excluding carboxylic acids is 1. The first-order valence-corrected chi connectivity index (χ1v) is 5.66. The molecule has 1 fully saturated rings. The van der Waals surface area contributed by atoms with E-state index in [-0.39, 0.29) is 23.6 Å². The fourth-order valence-corrected chi connectivity index (χ4v) is 1.91. The first-order valence-electron chi connectivity index (χ1n) is 5.66. The zero-order valence-electron chi connectivity index (χ0n) is 10.1. The Morgan fingerprint density at radius 2 is 2.33 bits per heavy atom. The Kier molecular flexibility index (Phi) is 4.11. The average Bonchev–Trinajstić information content (AvgIpc) is 2.47. The number of hydrogen-bond donors (Lipinski definition) is 2. The largest absolute Gasteiger partial charge is 0.377 e. The summed E-state index contributed by atoms with van der Waals surface area (Å²) in [5.41, 5.74) is -0.0789. The Morgan fingerprint density at radius 1 is 1.67 bits per heavy atom. The number of likely N-dealkylation sites (N-methyl/N-ethyl adjacent to an activating group) is 1. The van der Waals surface area contributed by atoms with Gasteiger partial charge in [0.05, 0.1) is 12.1 Å². The molecule has 0 radical (unpaired) electrons. The normalized spacial score (nSPS) is 32.7. The lowest BCUT2D eigenvalue weighted by Gasteiger charge is -2.32. The van der Waals surface area contributed by atoms with Crippen LogP contribution in [0.2, 0.25) is 0 Å². The predicted molar refractivity (Wildman–Crippen MR) is 59.7 cm³/mol.